The highest BCUT2D eigenvalue weighted by atomic mass is 16.4. The van der Waals surface area contributed by atoms with E-state index in [0.29, 0.717) is 0 Å². The summed E-state index contributed by atoms with van der Waals surface area (Å²) in [5.74, 6) is -1.23. The Labute approximate surface area is 88.9 Å². The van der Waals surface area contributed by atoms with Crippen LogP contribution in [0.1, 0.15) is 42.6 Å². The molecule has 1 atom stereocenters. The van der Waals surface area contributed by atoms with Crippen molar-refractivity contribution in [2.75, 3.05) is 0 Å². The monoisotopic (exact) mass is 208 g/mol. The molecule has 0 aliphatic heterocycles. The molecule has 0 bridgehead atoms. The maximum atomic E-state index is 11.0. The lowest BCUT2D eigenvalue weighted by atomic mass is 9.92. The zero-order valence-electron chi connectivity index (χ0n) is 9.16. The summed E-state index contributed by atoms with van der Waals surface area (Å²) in [5.41, 5.74) is 3.17. The Hall–Kier alpha value is -1.32. The SMILES string of the molecule is CC(C(=O)O)c1c2c(nn1C)CCCC2. The smallest absolute Gasteiger partial charge is 0.312 e. The summed E-state index contributed by atoms with van der Waals surface area (Å²) < 4.78 is 1.74. The van der Waals surface area contributed by atoms with Crippen LogP contribution in [0.2, 0.25) is 0 Å². The summed E-state index contributed by atoms with van der Waals surface area (Å²) in [6.07, 6.45) is 4.30. The van der Waals surface area contributed by atoms with E-state index in [1.165, 1.54) is 12.0 Å². The molecule has 1 unspecified atom stereocenters. The first-order valence-electron chi connectivity index (χ1n) is 5.38. The van der Waals surface area contributed by atoms with E-state index in [-0.39, 0.29) is 0 Å². The third-order valence-electron chi connectivity index (χ3n) is 3.15. The molecule has 4 heteroatoms. The van der Waals surface area contributed by atoms with Crippen LogP contribution in [0.25, 0.3) is 0 Å². The summed E-state index contributed by atoms with van der Waals surface area (Å²) in [5, 5.41) is 13.4. The fourth-order valence-electron chi connectivity index (χ4n) is 2.36. The van der Waals surface area contributed by atoms with Crippen molar-refractivity contribution in [2.45, 2.75) is 38.5 Å². The van der Waals surface area contributed by atoms with Crippen LogP contribution in [-0.4, -0.2) is 20.9 Å². The minimum absolute atomic E-state index is 0.454. The Kier molecular flexibility index (Phi) is 2.50. The third-order valence-corrected chi connectivity index (χ3v) is 3.15. The van der Waals surface area contributed by atoms with Gasteiger partial charge in [0, 0.05) is 7.05 Å². The van der Waals surface area contributed by atoms with Crippen molar-refractivity contribution in [2.24, 2.45) is 7.05 Å². The van der Waals surface area contributed by atoms with Gasteiger partial charge in [0.25, 0.3) is 0 Å². The van der Waals surface area contributed by atoms with Crippen molar-refractivity contribution in [3.8, 4) is 0 Å². The number of carboxylic acids is 1. The fraction of sp³-hybridized carbons (Fsp3) is 0.636. The van der Waals surface area contributed by atoms with E-state index >= 15 is 0 Å². The molecule has 4 nitrogen and oxygen atoms in total. The number of fused-ring (bicyclic) bond motifs is 1. The summed E-state index contributed by atoms with van der Waals surface area (Å²) in [6.45, 7) is 1.73. The van der Waals surface area contributed by atoms with E-state index in [0.717, 1.165) is 30.7 Å². The lowest BCUT2D eigenvalue weighted by Crippen LogP contribution is -2.14. The average molecular weight is 208 g/mol. The van der Waals surface area contributed by atoms with Crippen molar-refractivity contribution in [3.05, 3.63) is 17.0 Å². The Bertz CT molecular complexity index is 396. The molecule has 15 heavy (non-hydrogen) atoms. The molecule has 2 rings (SSSR count). The molecule has 1 aromatic heterocycles. The topological polar surface area (TPSA) is 55.1 Å². The Morgan fingerprint density at radius 3 is 2.80 bits per heavy atom. The second kappa shape index (κ2) is 3.68. The van der Waals surface area contributed by atoms with Gasteiger partial charge < -0.3 is 5.11 Å². The zero-order chi connectivity index (χ0) is 11.0. The van der Waals surface area contributed by atoms with Crippen molar-refractivity contribution in [1.29, 1.82) is 0 Å². The molecule has 1 aromatic rings. The highest BCUT2D eigenvalue weighted by Gasteiger charge is 2.26. The number of carboxylic acid groups (broad SMARTS) is 1. The Morgan fingerprint density at radius 2 is 2.13 bits per heavy atom. The van der Waals surface area contributed by atoms with Crippen LogP contribution >= 0.6 is 0 Å². The quantitative estimate of drug-likeness (QED) is 0.801. The van der Waals surface area contributed by atoms with Crippen molar-refractivity contribution >= 4 is 5.97 Å². The molecular weight excluding hydrogens is 192 g/mol. The van der Waals surface area contributed by atoms with Crippen LogP contribution in [0.15, 0.2) is 0 Å². The lowest BCUT2D eigenvalue weighted by Gasteiger charge is -2.13. The molecule has 0 aromatic carbocycles. The number of aromatic nitrogens is 2. The molecule has 0 radical (unpaired) electrons. The van der Waals surface area contributed by atoms with Crippen LogP contribution in [0.3, 0.4) is 0 Å². The summed E-state index contributed by atoms with van der Waals surface area (Å²) in [4.78, 5) is 11.0. The van der Waals surface area contributed by atoms with Crippen molar-refractivity contribution in [1.82, 2.24) is 9.78 Å². The van der Waals surface area contributed by atoms with Gasteiger partial charge in [-0.25, -0.2) is 0 Å². The molecule has 0 spiro atoms. The second-order valence-corrected chi connectivity index (χ2v) is 4.20. The number of aliphatic carboxylic acids is 1. The van der Waals surface area contributed by atoms with E-state index in [1.54, 1.807) is 11.6 Å². The number of nitrogens with zero attached hydrogens (tertiary/aromatic N) is 2. The molecule has 82 valence electrons. The first-order chi connectivity index (χ1) is 7.11. The predicted octanol–water partition coefficient (Wildman–Crippen LogP) is 1.49. The molecule has 0 saturated carbocycles. The van der Waals surface area contributed by atoms with Gasteiger partial charge in [-0.1, -0.05) is 0 Å². The summed E-state index contributed by atoms with van der Waals surface area (Å²) in [6, 6.07) is 0. The largest absolute Gasteiger partial charge is 0.481 e. The normalized spacial score (nSPS) is 17.2. The first-order valence-corrected chi connectivity index (χ1v) is 5.38. The first kappa shape index (κ1) is 10.2. The second-order valence-electron chi connectivity index (χ2n) is 4.20. The number of hydrogen-bond donors (Lipinski definition) is 1. The van der Waals surface area contributed by atoms with Gasteiger partial charge in [0.1, 0.15) is 0 Å². The van der Waals surface area contributed by atoms with E-state index in [4.69, 9.17) is 5.11 Å². The molecule has 1 aliphatic rings. The number of aryl methyl sites for hydroxylation is 2. The molecule has 1 aliphatic carbocycles. The zero-order valence-corrected chi connectivity index (χ0v) is 9.16. The minimum atomic E-state index is -0.772. The third kappa shape index (κ3) is 1.64. The Morgan fingerprint density at radius 1 is 1.47 bits per heavy atom. The van der Waals surface area contributed by atoms with Crippen molar-refractivity contribution in [3.63, 3.8) is 0 Å². The van der Waals surface area contributed by atoms with Crippen LogP contribution in [-0.2, 0) is 24.7 Å². The van der Waals surface area contributed by atoms with Crippen LogP contribution in [0.5, 0.6) is 0 Å². The van der Waals surface area contributed by atoms with Gasteiger partial charge in [-0.2, -0.15) is 5.10 Å². The van der Waals surface area contributed by atoms with Gasteiger partial charge >= 0.3 is 5.97 Å². The van der Waals surface area contributed by atoms with E-state index in [2.05, 4.69) is 5.10 Å². The number of carbonyl (C=O) groups is 1. The fourth-order valence-corrected chi connectivity index (χ4v) is 2.36. The van der Waals surface area contributed by atoms with Crippen LogP contribution in [0.4, 0.5) is 0 Å². The van der Waals surface area contributed by atoms with E-state index < -0.39 is 11.9 Å². The van der Waals surface area contributed by atoms with Crippen molar-refractivity contribution < 1.29 is 9.90 Å². The molecular formula is C11H16N2O2. The van der Waals surface area contributed by atoms with Gasteiger partial charge in [-0.15, -0.1) is 0 Å². The predicted molar refractivity (Wildman–Crippen MR) is 55.9 cm³/mol. The van der Waals surface area contributed by atoms with E-state index in [1.807, 2.05) is 7.05 Å². The molecule has 1 heterocycles. The summed E-state index contributed by atoms with van der Waals surface area (Å²) >= 11 is 0. The standard InChI is InChI=1S/C11H16N2O2/c1-7(11(14)15)10-8-5-3-4-6-9(8)12-13(10)2/h7H,3-6H2,1-2H3,(H,14,15). The molecule has 0 fully saturated rings. The average Bonchev–Trinajstić information content (AvgIpc) is 2.52. The molecule has 0 amide bonds. The number of hydrogen-bond acceptors (Lipinski definition) is 2. The maximum Gasteiger partial charge on any atom is 0.312 e. The van der Waals surface area contributed by atoms with Gasteiger partial charge in [0.15, 0.2) is 0 Å². The van der Waals surface area contributed by atoms with Gasteiger partial charge in [-0.3, -0.25) is 9.48 Å². The molecule has 0 saturated heterocycles. The van der Waals surface area contributed by atoms with Crippen LogP contribution < -0.4 is 0 Å². The Balaban J connectivity index is 2.46. The van der Waals surface area contributed by atoms with Gasteiger partial charge in [0.2, 0.25) is 0 Å². The van der Waals surface area contributed by atoms with Gasteiger partial charge in [0.05, 0.1) is 17.3 Å². The highest BCUT2D eigenvalue weighted by Crippen LogP contribution is 2.28. The number of rotatable bonds is 2. The highest BCUT2D eigenvalue weighted by molar-refractivity contribution is 5.75. The minimum Gasteiger partial charge on any atom is -0.481 e. The lowest BCUT2D eigenvalue weighted by molar-refractivity contribution is -0.138. The van der Waals surface area contributed by atoms with Crippen LogP contribution in [0, 0.1) is 0 Å². The summed E-state index contributed by atoms with van der Waals surface area (Å²) in [7, 11) is 1.84. The van der Waals surface area contributed by atoms with E-state index in [9.17, 15) is 4.79 Å². The van der Waals surface area contributed by atoms with Gasteiger partial charge in [-0.05, 0) is 38.2 Å². The maximum absolute atomic E-state index is 11.0. The molecule has 1 N–H and O–H groups in total.